The van der Waals surface area contributed by atoms with E-state index < -0.39 is 0 Å². The number of halogens is 1. The van der Waals surface area contributed by atoms with Gasteiger partial charge in [0.2, 0.25) is 5.95 Å². The van der Waals surface area contributed by atoms with Crippen molar-refractivity contribution in [2.24, 2.45) is 5.92 Å². The van der Waals surface area contributed by atoms with Crippen LogP contribution in [0.3, 0.4) is 0 Å². The Morgan fingerprint density at radius 3 is 2.65 bits per heavy atom. The predicted molar refractivity (Wildman–Crippen MR) is 84.8 cm³/mol. The van der Waals surface area contributed by atoms with Crippen molar-refractivity contribution in [2.45, 2.75) is 20.8 Å². The molecule has 1 heterocycles. The number of anilines is 3. The first kappa shape index (κ1) is 14.6. The lowest BCUT2D eigenvalue weighted by Gasteiger charge is -2.11. The van der Waals surface area contributed by atoms with E-state index in [1.165, 1.54) is 0 Å². The molecular formula is C15H19ClN4. The largest absolute Gasteiger partial charge is 0.354 e. The summed E-state index contributed by atoms with van der Waals surface area (Å²) in [6, 6.07) is 9.48. The number of para-hydroxylation sites is 1. The van der Waals surface area contributed by atoms with E-state index in [2.05, 4.69) is 34.4 Å². The molecule has 0 amide bonds. The van der Waals surface area contributed by atoms with Gasteiger partial charge >= 0.3 is 0 Å². The molecule has 1 aromatic carbocycles. The number of hydrogen-bond acceptors (Lipinski definition) is 4. The fourth-order valence-electron chi connectivity index (χ4n) is 1.71. The standard InChI is InChI=1S/C15H19ClN4/c1-10(2)9-17-15-18-11(3)8-14(20-15)19-13-7-5-4-6-12(13)16/h4-8,10H,9H2,1-3H3,(H2,17,18,19,20). The van der Waals surface area contributed by atoms with E-state index in [4.69, 9.17) is 11.6 Å². The van der Waals surface area contributed by atoms with Crippen LogP contribution in [0.25, 0.3) is 0 Å². The van der Waals surface area contributed by atoms with E-state index in [9.17, 15) is 0 Å². The van der Waals surface area contributed by atoms with E-state index in [1.807, 2.05) is 37.3 Å². The average Bonchev–Trinajstić information content (AvgIpc) is 2.38. The van der Waals surface area contributed by atoms with Crippen LogP contribution in [0.15, 0.2) is 30.3 Å². The Morgan fingerprint density at radius 1 is 1.20 bits per heavy atom. The normalized spacial score (nSPS) is 10.7. The molecule has 0 spiro atoms. The van der Waals surface area contributed by atoms with Gasteiger partial charge in [0.1, 0.15) is 5.82 Å². The van der Waals surface area contributed by atoms with Crippen LogP contribution >= 0.6 is 11.6 Å². The summed E-state index contributed by atoms with van der Waals surface area (Å²) in [6.07, 6.45) is 0. The summed E-state index contributed by atoms with van der Waals surface area (Å²) in [4.78, 5) is 8.82. The minimum absolute atomic E-state index is 0.541. The minimum Gasteiger partial charge on any atom is -0.354 e. The lowest BCUT2D eigenvalue weighted by Crippen LogP contribution is -2.11. The van der Waals surface area contributed by atoms with Gasteiger partial charge in [-0.1, -0.05) is 37.6 Å². The first-order valence-corrected chi connectivity index (χ1v) is 7.03. The maximum Gasteiger partial charge on any atom is 0.224 e. The fourth-order valence-corrected chi connectivity index (χ4v) is 1.89. The molecule has 106 valence electrons. The highest BCUT2D eigenvalue weighted by molar-refractivity contribution is 6.33. The van der Waals surface area contributed by atoms with Crippen molar-refractivity contribution < 1.29 is 0 Å². The van der Waals surface area contributed by atoms with Crippen LogP contribution < -0.4 is 10.6 Å². The molecule has 0 radical (unpaired) electrons. The average molecular weight is 291 g/mol. The molecule has 0 aliphatic rings. The van der Waals surface area contributed by atoms with Gasteiger partial charge in [-0.05, 0) is 25.0 Å². The smallest absolute Gasteiger partial charge is 0.224 e. The number of nitrogens with one attached hydrogen (secondary N) is 2. The first-order valence-electron chi connectivity index (χ1n) is 6.65. The maximum absolute atomic E-state index is 6.13. The summed E-state index contributed by atoms with van der Waals surface area (Å²) < 4.78 is 0. The van der Waals surface area contributed by atoms with Crippen LogP contribution in [-0.4, -0.2) is 16.5 Å². The van der Waals surface area contributed by atoms with Crippen molar-refractivity contribution >= 4 is 29.1 Å². The van der Waals surface area contributed by atoms with Crippen LogP contribution in [0, 0.1) is 12.8 Å². The summed E-state index contributed by atoms with van der Waals surface area (Å²) >= 11 is 6.13. The lowest BCUT2D eigenvalue weighted by atomic mass is 10.2. The molecular weight excluding hydrogens is 272 g/mol. The molecule has 4 nitrogen and oxygen atoms in total. The molecule has 20 heavy (non-hydrogen) atoms. The monoisotopic (exact) mass is 290 g/mol. The quantitative estimate of drug-likeness (QED) is 0.864. The SMILES string of the molecule is Cc1cc(Nc2ccccc2Cl)nc(NCC(C)C)n1. The van der Waals surface area contributed by atoms with Crippen molar-refractivity contribution in [1.82, 2.24) is 9.97 Å². The van der Waals surface area contributed by atoms with Gasteiger partial charge < -0.3 is 10.6 Å². The molecule has 0 atom stereocenters. The second kappa shape index (κ2) is 6.57. The van der Waals surface area contributed by atoms with E-state index in [1.54, 1.807) is 0 Å². The van der Waals surface area contributed by atoms with Crippen molar-refractivity contribution in [3.63, 3.8) is 0 Å². The summed E-state index contributed by atoms with van der Waals surface area (Å²) in [6.45, 7) is 7.08. The Balaban J connectivity index is 2.17. The van der Waals surface area contributed by atoms with E-state index >= 15 is 0 Å². The Hall–Kier alpha value is -1.81. The molecule has 5 heteroatoms. The molecule has 0 fully saturated rings. The predicted octanol–water partition coefficient (Wildman–Crippen LogP) is 4.25. The van der Waals surface area contributed by atoms with Crippen molar-refractivity contribution in [3.8, 4) is 0 Å². The Morgan fingerprint density at radius 2 is 1.95 bits per heavy atom. The molecule has 2 rings (SSSR count). The summed E-state index contributed by atoms with van der Waals surface area (Å²) in [5.74, 6) is 1.91. The molecule has 0 aliphatic carbocycles. The van der Waals surface area contributed by atoms with Crippen LogP contribution in [0.2, 0.25) is 5.02 Å². The van der Waals surface area contributed by atoms with Crippen LogP contribution in [-0.2, 0) is 0 Å². The van der Waals surface area contributed by atoms with Gasteiger partial charge in [0.15, 0.2) is 0 Å². The highest BCUT2D eigenvalue weighted by Crippen LogP contribution is 2.24. The number of hydrogen-bond donors (Lipinski definition) is 2. The van der Waals surface area contributed by atoms with E-state index in [-0.39, 0.29) is 0 Å². The molecule has 0 bridgehead atoms. The van der Waals surface area contributed by atoms with Crippen molar-refractivity contribution in [2.75, 3.05) is 17.2 Å². The van der Waals surface area contributed by atoms with Gasteiger partial charge in [-0.15, -0.1) is 0 Å². The van der Waals surface area contributed by atoms with E-state index in [0.717, 1.165) is 23.7 Å². The number of benzene rings is 1. The first-order chi connectivity index (χ1) is 9.54. The zero-order valence-electron chi connectivity index (χ0n) is 11.9. The Kier molecular flexibility index (Phi) is 4.79. The third-order valence-electron chi connectivity index (χ3n) is 2.66. The van der Waals surface area contributed by atoms with Crippen LogP contribution in [0.4, 0.5) is 17.5 Å². The Bertz CT molecular complexity index is 584. The maximum atomic E-state index is 6.13. The van der Waals surface area contributed by atoms with Crippen molar-refractivity contribution in [3.05, 3.63) is 41.0 Å². The second-order valence-electron chi connectivity index (χ2n) is 5.10. The van der Waals surface area contributed by atoms with Gasteiger partial charge in [-0.3, -0.25) is 0 Å². The molecule has 0 unspecified atom stereocenters. The highest BCUT2D eigenvalue weighted by atomic mass is 35.5. The number of rotatable bonds is 5. The molecule has 1 aromatic heterocycles. The summed E-state index contributed by atoms with van der Waals surface area (Å²) in [7, 11) is 0. The van der Waals surface area contributed by atoms with Gasteiger partial charge in [0.25, 0.3) is 0 Å². The molecule has 0 saturated carbocycles. The van der Waals surface area contributed by atoms with E-state index in [0.29, 0.717) is 16.9 Å². The van der Waals surface area contributed by atoms with Gasteiger partial charge in [-0.2, -0.15) is 4.98 Å². The van der Waals surface area contributed by atoms with Gasteiger partial charge in [0.05, 0.1) is 10.7 Å². The van der Waals surface area contributed by atoms with Crippen LogP contribution in [0.1, 0.15) is 19.5 Å². The third-order valence-corrected chi connectivity index (χ3v) is 2.99. The third kappa shape index (κ3) is 4.10. The molecule has 2 aromatic rings. The Labute approximate surface area is 124 Å². The summed E-state index contributed by atoms with van der Waals surface area (Å²) in [5, 5.41) is 7.12. The lowest BCUT2D eigenvalue weighted by molar-refractivity contribution is 0.684. The van der Waals surface area contributed by atoms with Crippen LogP contribution in [0.5, 0.6) is 0 Å². The molecule has 2 N–H and O–H groups in total. The van der Waals surface area contributed by atoms with Gasteiger partial charge in [0, 0.05) is 18.3 Å². The zero-order valence-corrected chi connectivity index (χ0v) is 12.7. The van der Waals surface area contributed by atoms with Crippen molar-refractivity contribution in [1.29, 1.82) is 0 Å². The number of aryl methyl sites for hydroxylation is 1. The second-order valence-corrected chi connectivity index (χ2v) is 5.50. The number of aromatic nitrogens is 2. The highest BCUT2D eigenvalue weighted by Gasteiger charge is 2.05. The summed E-state index contributed by atoms with van der Waals surface area (Å²) in [5.41, 5.74) is 1.74. The molecule has 0 aliphatic heterocycles. The van der Waals surface area contributed by atoms with Gasteiger partial charge in [-0.25, -0.2) is 4.98 Å². The fraction of sp³-hybridized carbons (Fsp3) is 0.333. The molecule has 0 saturated heterocycles. The topological polar surface area (TPSA) is 49.8 Å². The minimum atomic E-state index is 0.541. The number of nitrogens with zero attached hydrogens (tertiary/aromatic N) is 2. The zero-order chi connectivity index (χ0) is 14.5.